The quantitative estimate of drug-likeness (QED) is 0.00570. The number of amides is 11. The minimum Gasteiger partial charge on any atom is -0.465 e. The van der Waals surface area contributed by atoms with E-state index in [0.29, 0.717) is 151 Å². The molecule has 0 saturated heterocycles. The zero-order valence-corrected chi connectivity index (χ0v) is 90.6. The average Bonchev–Trinajstić information content (AvgIpc) is 0.793. The first kappa shape index (κ1) is 143. The molecule has 11 amide bonds. The zero-order valence-electron chi connectivity index (χ0n) is 90.6. The molecule has 8 atom stereocenters. The number of unbranched alkanes of at least 4 members (excludes halogenated alkanes) is 6. The fourth-order valence-electron chi connectivity index (χ4n) is 14.0. The Morgan fingerprint density at radius 3 is 1.10 bits per heavy atom. The summed E-state index contributed by atoms with van der Waals surface area (Å²) in [5.41, 5.74) is 11.1. The highest BCUT2D eigenvalue weighted by atomic mass is 16.5. The Labute approximate surface area is 854 Å². The van der Waals surface area contributed by atoms with E-state index in [4.69, 9.17) is 41.0 Å². The van der Waals surface area contributed by atoms with Crippen molar-refractivity contribution in [3.8, 4) is 24.7 Å². The topological polar surface area (TPSA) is 653 Å². The molecule has 0 saturated carbocycles. The van der Waals surface area contributed by atoms with Crippen LogP contribution in [0.4, 0.5) is 0 Å². The van der Waals surface area contributed by atoms with Crippen molar-refractivity contribution >= 4 is 76.9 Å². The van der Waals surface area contributed by atoms with Crippen LogP contribution >= 0.6 is 0 Å². The molecule has 0 radical (unpaired) electrons. The van der Waals surface area contributed by atoms with Gasteiger partial charge < -0.3 is 98.6 Å². The van der Waals surface area contributed by atoms with Crippen molar-refractivity contribution in [3.63, 3.8) is 0 Å². The van der Waals surface area contributed by atoms with Crippen molar-refractivity contribution in [2.24, 2.45) is 55.2 Å². The lowest BCUT2D eigenvalue weighted by Gasteiger charge is -2.43. The molecule has 2 rings (SSSR count). The maximum absolute atomic E-state index is 14.4. The number of aliphatic hydroxyl groups excluding tert-OH is 6. The molecule has 0 fully saturated rings. The smallest absolute Gasteiger partial charge is 0.311 e. The largest absolute Gasteiger partial charge is 0.465 e. The minimum absolute atomic E-state index is 0.00541. The third-order valence-electron chi connectivity index (χ3n) is 21.8. The summed E-state index contributed by atoms with van der Waals surface area (Å²) >= 11 is 0. The number of hydrogen-bond donors (Lipinski definition) is 17. The molecular formula is C100H179N23O21. The van der Waals surface area contributed by atoms with Crippen LogP contribution in [0.3, 0.4) is 0 Å². The summed E-state index contributed by atoms with van der Waals surface area (Å²) in [6.45, 7) is 46.4. The molecule has 2 aromatic rings. The first-order chi connectivity index (χ1) is 67.4. The monoisotopic (exact) mass is 2040 g/mol. The number of ether oxygens (including phenoxy) is 2. The summed E-state index contributed by atoms with van der Waals surface area (Å²) in [7, 11) is 6.56. The average molecular weight is 2040 g/mol. The van der Waals surface area contributed by atoms with Gasteiger partial charge in [0.1, 0.15) is 0 Å². The van der Waals surface area contributed by atoms with Gasteiger partial charge in [-0.3, -0.25) is 71.7 Å². The maximum atomic E-state index is 14.4. The Bertz CT molecular complexity index is 4300. The number of aromatic nitrogens is 6. The molecule has 2 aromatic heterocycles. The van der Waals surface area contributed by atoms with Gasteiger partial charge in [-0.25, -0.2) is 0 Å². The van der Waals surface area contributed by atoms with Crippen LogP contribution in [0.2, 0.25) is 0 Å². The number of terminal acetylenes is 2. The summed E-state index contributed by atoms with van der Waals surface area (Å²) in [6.07, 6.45) is 22.3. The highest BCUT2D eigenvalue weighted by molar-refractivity contribution is 5.93. The van der Waals surface area contributed by atoms with Crippen molar-refractivity contribution in [1.29, 1.82) is 0 Å². The van der Waals surface area contributed by atoms with Crippen molar-refractivity contribution in [1.82, 2.24) is 88.5 Å². The van der Waals surface area contributed by atoms with E-state index < -0.39 is 68.2 Å². The number of nitrogens with one attached hydrogen (secondary N) is 11. The van der Waals surface area contributed by atoms with Crippen LogP contribution in [-0.4, -0.2) is 275 Å². The van der Waals surface area contributed by atoms with Gasteiger partial charge in [-0.05, 0) is 190 Å². The number of aliphatic hydroxyl groups is 6. The van der Waals surface area contributed by atoms with Gasteiger partial charge >= 0.3 is 11.9 Å². The Balaban J connectivity index is -0.000000468. The number of hydrogen-bond acceptors (Lipinski definition) is 27. The summed E-state index contributed by atoms with van der Waals surface area (Å²) in [5, 5.41) is 106. The number of esters is 2. The standard InChI is InChI=1S/C40H69N9O9.C27H51N7O5.C11H20N2O2.C7H12N4O.C7H13NO2.2C3H4.C2H6O2/c1-10-38(5,33(53)43-23-29(2)51)27-40(7,36(56)58-22-17-31-25-49(47-45-31)19-14-20-50)28-39(6,34(54)42-18-13-11-12-15-32(52)41-8)26-37(3,4)35(55)57-21-16-30-24-48(9)46-44-30;1-8-26(5,23(38)32-17-20(2)35)19-27(6,24(39)31-15-12-16-33-34-28)18-25(3,4)22(37)30-14-11-9-10-13-21(36)29-7;1-9(2)11(15)13-8-6-4-5-7-10(14)12-3;1-6(2)7(12)9-4-3-5-10-11-8;1-5(2)7(10)8-4-6(3)9;2*1-3-2;3-1-2-4/h24-25,29,50-51H,10-23,26-28H2,1-9H3,(H,41,52)(H,42,54)(H,43,53);20,35H,8-19H2,1-7H3,(H,29,36)(H,30,37)(H,31,39)(H,32,38);1,4-8H2,2-3H3,(H,12,14)(H,13,15);1,3-5H2,2H3,(H,9,12);6,9H,1,4H2,2-3H3,(H,8,10);2*1H,2H3;3-4H,1-2H2. The van der Waals surface area contributed by atoms with E-state index in [1.165, 1.54) is 0 Å². The molecular weight excluding hydrogens is 1860 g/mol. The fourth-order valence-corrected chi connectivity index (χ4v) is 14.0. The SMILES string of the molecule is C#CC.C#CC.C=C(C)C(=O)NCC(C)O.C=C(C)C(=O)NCCCCCC(=O)NC.C=C(C)C(=O)NCCCN=[N+]=[N-].CCC(C)(CC(C)(CC(C)(C)C(=O)NCCCCCC(=O)NC)C(=O)NCCCN=[N+]=[N-])C(=O)NCC(C)O.CCC(C)(CC(C)(CC(C)(CC(C)(C)C(=O)OCCc1cn(C)nn1)C(=O)NCCCCCC(=O)NC)C(=O)OCCc1cn(CCCO)nn1)C(=O)NCC(C)O.OCCO. The second-order valence-corrected chi connectivity index (χ2v) is 37.8. The number of carbonyl (C=O) groups excluding carboxylic acids is 13. The van der Waals surface area contributed by atoms with E-state index in [1.807, 2.05) is 13.8 Å². The normalized spacial score (nSPS) is 13.1. The Morgan fingerprint density at radius 1 is 0.438 bits per heavy atom. The molecule has 0 aliphatic heterocycles. The lowest BCUT2D eigenvalue weighted by molar-refractivity contribution is -0.164. The van der Waals surface area contributed by atoms with Crippen molar-refractivity contribution in [3.05, 3.63) is 81.1 Å². The molecule has 2 heterocycles. The molecule has 0 aromatic carbocycles. The molecule has 0 bridgehead atoms. The van der Waals surface area contributed by atoms with E-state index in [9.17, 15) is 72.5 Å². The highest BCUT2D eigenvalue weighted by Crippen LogP contribution is 2.50. The Morgan fingerprint density at radius 2 is 0.757 bits per heavy atom. The molecule has 44 heteroatoms. The minimum atomic E-state index is -1.43. The third-order valence-corrected chi connectivity index (χ3v) is 21.8. The van der Waals surface area contributed by atoms with Gasteiger partial charge in [-0.1, -0.05) is 115 Å². The van der Waals surface area contributed by atoms with Crippen molar-refractivity contribution < 1.29 is 102 Å². The van der Waals surface area contributed by atoms with E-state index in [0.717, 1.165) is 38.5 Å². The van der Waals surface area contributed by atoms with Crippen LogP contribution in [-0.2, 0) is 98.2 Å². The molecule has 0 aliphatic rings. The number of azide groups is 2. The number of rotatable bonds is 64. The lowest BCUT2D eigenvalue weighted by Crippen LogP contribution is -2.51. The molecule has 144 heavy (non-hydrogen) atoms. The van der Waals surface area contributed by atoms with Crippen LogP contribution < -0.4 is 58.5 Å². The summed E-state index contributed by atoms with van der Waals surface area (Å²) in [4.78, 5) is 168. The van der Waals surface area contributed by atoms with Gasteiger partial charge in [0.2, 0.25) is 65.0 Å². The number of carbonyl (C=O) groups is 13. The first-order valence-corrected chi connectivity index (χ1v) is 49.0. The van der Waals surface area contributed by atoms with Crippen LogP contribution in [0.25, 0.3) is 20.9 Å². The Kier molecular flexibility index (Phi) is 81.7. The first-order valence-electron chi connectivity index (χ1n) is 49.0. The number of aryl methyl sites for hydroxylation is 2. The van der Waals surface area contributed by atoms with E-state index >= 15 is 0 Å². The molecule has 0 spiro atoms. The van der Waals surface area contributed by atoms with Crippen molar-refractivity contribution in [2.45, 2.75) is 311 Å². The van der Waals surface area contributed by atoms with Gasteiger partial charge in [0, 0.05) is 205 Å². The van der Waals surface area contributed by atoms with E-state index in [1.54, 1.807) is 168 Å². The van der Waals surface area contributed by atoms with E-state index in [-0.39, 0.29) is 163 Å². The summed E-state index contributed by atoms with van der Waals surface area (Å²) < 4.78 is 14.8. The molecule has 820 valence electrons. The van der Waals surface area contributed by atoms with Crippen LogP contribution in [0.15, 0.2) is 59.1 Å². The van der Waals surface area contributed by atoms with Crippen LogP contribution in [0.1, 0.15) is 284 Å². The third kappa shape index (κ3) is 70.7. The number of nitrogens with zero attached hydrogens (tertiary/aromatic N) is 12. The van der Waals surface area contributed by atoms with Crippen LogP contribution in [0, 0.1) is 62.6 Å². The van der Waals surface area contributed by atoms with Crippen LogP contribution in [0.5, 0.6) is 0 Å². The molecule has 8 unspecified atom stereocenters. The van der Waals surface area contributed by atoms with Gasteiger partial charge in [-0.15, -0.1) is 34.9 Å². The zero-order chi connectivity index (χ0) is 112. The maximum Gasteiger partial charge on any atom is 0.311 e. The second-order valence-electron chi connectivity index (χ2n) is 37.8. The lowest BCUT2D eigenvalue weighted by atomic mass is 9.61. The molecule has 17 N–H and O–H groups in total. The van der Waals surface area contributed by atoms with Gasteiger partial charge in [0.05, 0.1) is 67.0 Å². The fraction of sp³-hybridized carbons (Fsp3) is 0.730. The Hall–Kier alpha value is -11.9. The summed E-state index contributed by atoms with van der Waals surface area (Å²) in [6, 6.07) is 0. The second kappa shape index (κ2) is 82.4. The van der Waals surface area contributed by atoms with Crippen molar-refractivity contribution in [2.75, 3.05) is 120 Å². The summed E-state index contributed by atoms with van der Waals surface area (Å²) in [5.74, 6) is 1.43. The molecule has 44 nitrogen and oxygen atoms in total. The van der Waals surface area contributed by atoms with Gasteiger partial charge in [0.25, 0.3) is 0 Å². The van der Waals surface area contributed by atoms with E-state index in [2.05, 4.69) is 144 Å². The predicted octanol–water partition coefficient (Wildman–Crippen LogP) is 7.83. The van der Waals surface area contributed by atoms with Gasteiger partial charge in [0.15, 0.2) is 0 Å². The highest BCUT2D eigenvalue weighted by Gasteiger charge is 2.53. The predicted molar refractivity (Wildman–Crippen MR) is 555 cm³/mol. The van der Waals surface area contributed by atoms with Gasteiger partial charge in [-0.2, -0.15) is 0 Å². The molecule has 0 aliphatic carbocycles.